The van der Waals surface area contributed by atoms with Gasteiger partial charge in [0.2, 0.25) is 10.0 Å². The molecule has 1 unspecified atom stereocenters. The van der Waals surface area contributed by atoms with Crippen LogP contribution in [0.2, 0.25) is 10.0 Å². The van der Waals surface area contributed by atoms with Crippen molar-refractivity contribution in [3.8, 4) is 0 Å². The zero-order valence-corrected chi connectivity index (χ0v) is 16.3. The van der Waals surface area contributed by atoms with Gasteiger partial charge in [0.25, 0.3) is 0 Å². The Kier molecular flexibility index (Phi) is 5.18. The molecule has 27 heavy (non-hydrogen) atoms. The van der Waals surface area contributed by atoms with E-state index < -0.39 is 22.2 Å². The number of carbonyl (C=O) groups is 2. The summed E-state index contributed by atoms with van der Waals surface area (Å²) >= 11 is 12.0. The number of halogens is 2. The molecule has 0 spiro atoms. The monoisotopic (exact) mass is 428 g/mol. The molecule has 1 aliphatic heterocycles. The number of fused-ring (bicyclic) bond motifs is 1. The number of rotatable bonds is 4. The van der Waals surface area contributed by atoms with E-state index in [-0.39, 0.29) is 33.0 Å². The van der Waals surface area contributed by atoms with Gasteiger partial charge in [-0.1, -0.05) is 41.4 Å². The lowest BCUT2D eigenvalue weighted by Crippen LogP contribution is -2.52. The number of Topliss-reactive ketones (excluding diaryl/α,β-unsaturated/α-hetero) is 1. The standard InChI is InChI=1S/C17H14Cl2N2O5S/c1-9(22)11-4-2-3-10(5-11)8-21-16(17(23)24)20-14-7-12(18)6-13(19)15(14)27(21,25)26/h2-7,16,20H,8H2,1H3,(H,23,24). The summed E-state index contributed by atoms with van der Waals surface area (Å²) < 4.78 is 27.0. The first-order valence-electron chi connectivity index (χ1n) is 7.71. The summed E-state index contributed by atoms with van der Waals surface area (Å²) in [6, 6.07) is 8.92. The van der Waals surface area contributed by atoms with E-state index in [1.165, 1.54) is 25.1 Å². The minimum absolute atomic E-state index is 0.0219. The topological polar surface area (TPSA) is 104 Å². The smallest absolute Gasteiger partial charge is 0.342 e. The third-order valence-electron chi connectivity index (χ3n) is 4.06. The van der Waals surface area contributed by atoms with Gasteiger partial charge < -0.3 is 10.4 Å². The van der Waals surface area contributed by atoms with Gasteiger partial charge in [-0.3, -0.25) is 4.79 Å². The number of hydrogen-bond donors (Lipinski definition) is 2. The van der Waals surface area contributed by atoms with Gasteiger partial charge in [-0.2, -0.15) is 4.31 Å². The second-order valence-corrected chi connectivity index (χ2v) is 8.63. The highest BCUT2D eigenvalue weighted by Crippen LogP contribution is 2.39. The number of hydrogen-bond acceptors (Lipinski definition) is 5. The maximum Gasteiger partial charge on any atom is 0.342 e. The molecule has 0 bridgehead atoms. The van der Waals surface area contributed by atoms with E-state index in [1.54, 1.807) is 18.2 Å². The van der Waals surface area contributed by atoms with Crippen LogP contribution in [-0.4, -0.2) is 35.7 Å². The molecule has 0 aromatic heterocycles. The molecule has 2 N–H and O–H groups in total. The van der Waals surface area contributed by atoms with Crippen molar-refractivity contribution in [3.63, 3.8) is 0 Å². The molecule has 10 heteroatoms. The Morgan fingerprint density at radius 2 is 1.93 bits per heavy atom. The third-order valence-corrected chi connectivity index (χ3v) is 6.60. The van der Waals surface area contributed by atoms with E-state index in [0.29, 0.717) is 11.1 Å². The first kappa shape index (κ1) is 19.6. The Labute approximate surface area is 165 Å². The SMILES string of the molecule is CC(=O)c1cccc(CN2C(C(=O)O)Nc3cc(Cl)cc(Cl)c3S2(=O)=O)c1. The van der Waals surface area contributed by atoms with E-state index in [2.05, 4.69) is 5.32 Å². The van der Waals surface area contributed by atoms with E-state index in [4.69, 9.17) is 23.2 Å². The predicted molar refractivity (Wildman–Crippen MR) is 101 cm³/mol. The van der Waals surface area contributed by atoms with Crippen LogP contribution < -0.4 is 5.32 Å². The van der Waals surface area contributed by atoms with Gasteiger partial charge in [-0.25, -0.2) is 13.2 Å². The molecule has 2 aromatic rings. The van der Waals surface area contributed by atoms with Gasteiger partial charge in [0, 0.05) is 17.1 Å². The van der Waals surface area contributed by atoms with Gasteiger partial charge >= 0.3 is 5.97 Å². The lowest BCUT2D eigenvalue weighted by molar-refractivity contribution is -0.140. The van der Waals surface area contributed by atoms with Crippen LogP contribution in [0.1, 0.15) is 22.8 Å². The van der Waals surface area contributed by atoms with Crippen LogP contribution in [0.25, 0.3) is 0 Å². The number of nitrogens with zero attached hydrogens (tertiary/aromatic N) is 1. The fraction of sp³-hybridized carbons (Fsp3) is 0.176. The Morgan fingerprint density at radius 1 is 1.22 bits per heavy atom. The summed E-state index contributed by atoms with van der Waals surface area (Å²) in [6.07, 6.45) is -1.56. The van der Waals surface area contributed by atoms with Crippen LogP contribution in [0.15, 0.2) is 41.3 Å². The summed E-state index contributed by atoms with van der Waals surface area (Å²) in [5.74, 6) is -1.57. The number of aliphatic carboxylic acids is 1. The Morgan fingerprint density at radius 3 is 2.56 bits per heavy atom. The molecule has 7 nitrogen and oxygen atoms in total. The zero-order valence-electron chi connectivity index (χ0n) is 13.9. The molecular weight excluding hydrogens is 415 g/mol. The molecule has 142 valence electrons. The molecule has 1 aliphatic rings. The largest absolute Gasteiger partial charge is 0.479 e. The van der Waals surface area contributed by atoms with Crippen molar-refractivity contribution in [1.82, 2.24) is 4.31 Å². The van der Waals surface area contributed by atoms with Crippen molar-refractivity contribution >= 4 is 50.7 Å². The van der Waals surface area contributed by atoms with Crippen molar-refractivity contribution in [2.75, 3.05) is 5.32 Å². The first-order chi connectivity index (χ1) is 12.6. The van der Waals surface area contributed by atoms with Crippen LogP contribution in [0.4, 0.5) is 5.69 Å². The number of carboxylic acids is 1. The molecule has 0 saturated carbocycles. The number of ketones is 1. The van der Waals surface area contributed by atoms with Crippen LogP contribution in [0, 0.1) is 0 Å². The average Bonchev–Trinajstić information content (AvgIpc) is 2.56. The molecule has 0 aliphatic carbocycles. The first-order valence-corrected chi connectivity index (χ1v) is 9.91. The molecular formula is C17H14Cl2N2O5S. The van der Waals surface area contributed by atoms with Crippen molar-refractivity contribution in [3.05, 3.63) is 57.6 Å². The van der Waals surface area contributed by atoms with Crippen molar-refractivity contribution in [2.45, 2.75) is 24.5 Å². The van der Waals surface area contributed by atoms with Crippen LogP contribution in [-0.2, 0) is 21.4 Å². The normalized spacial score (nSPS) is 18.4. The number of benzene rings is 2. The van der Waals surface area contributed by atoms with E-state index in [0.717, 1.165) is 4.31 Å². The molecule has 1 atom stereocenters. The zero-order chi connectivity index (χ0) is 19.9. The van der Waals surface area contributed by atoms with E-state index in [9.17, 15) is 23.1 Å². The van der Waals surface area contributed by atoms with Gasteiger partial charge in [0.05, 0.1) is 10.7 Å². The third kappa shape index (κ3) is 3.66. The van der Waals surface area contributed by atoms with Crippen molar-refractivity contribution in [2.24, 2.45) is 0 Å². The highest BCUT2D eigenvalue weighted by atomic mass is 35.5. The van der Waals surface area contributed by atoms with E-state index >= 15 is 0 Å². The molecule has 3 rings (SSSR count). The minimum Gasteiger partial charge on any atom is -0.479 e. The molecule has 1 heterocycles. The Balaban J connectivity index is 2.11. The van der Waals surface area contributed by atoms with Gasteiger partial charge in [-0.15, -0.1) is 0 Å². The molecule has 0 saturated heterocycles. The Hall–Kier alpha value is -2.13. The lowest BCUT2D eigenvalue weighted by Gasteiger charge is -2.35. The minimum atomic E-state index is -4.24. The molecule has 2 aromatic carbocycles. The Bertz CT molecular complexity index is 1060. The van der Waals surface area contributed by atoms with Gasteiger partial charge in [0.1, 0.15) is 4.90 Å². The summed E-state index contributed by atoms with van der Waals surface area (Å²) in [5, 5.41) is 12.2. The summed E-state index contributed by atoms with van der Waals surface area (Å²) in [4.78, 5) is 23.0. The highest BCUT2D eigenvalue weighted by molar-refractivity contribution is 7.89. The number of anilines is 1. The number of nitrogens with one attached hydrogen (secondary N) is 1. The van der Waals surface area contributed by atoms with Crippen molar-refractivity contribution in [1.29, 1.82) is 0 Å². The lowest BCUT2D eigenvalue weighted by atomic mass is 10.1. The van der Waals surface area contributed by atoms with E-state index in [1.807, 2.05) is 0 Å². The summed E-state index contributed by atoms with van der Waals surface area (Å²) in [5.41, 5.74) is 0.883. The maximum absolute atomic E-state index is 13.1. The predicted octanol–water partition coefficient (Wildman–Crippen LogP) is 3.22. The number of carboxylic acid groups (broad SMARTS) is 1. The van der Waals surface area contributed by atoms with Crippen molar-refractivity contribution < 1.29 is 23.1 Å². The quantitative estimate of drug-likeness (QED) is 0.724. The molecule has 0 fully saturated rings. The fourth-order valence-electron chi connectivity index (χ4n) is 2.83. The summed E-state index contributed by atoms with van der Waals surface area (Å²) in [6.45, 7) is 1.13. The van der Waals surface area contributed by atoms with Crippen LogP contribution in [0.3, 0.4) is 0 Å². The van der Waals surface area contributed by atoms with Crippen LogP contribution >= 0.6 is 23.2 Å². The number of carbonyl (C=O) groups excluding carboxylic acids is 1. The summed E-state index contributed by atoms with van der Waals surface area (Å²) in [7, 11) is -4.24. The molecule has 0 amide bonds. The fourth-order valence-corrected chi connectivity index (χ4v) is 5.30. The van der Waals surface area contributed by atoms with Gasteiger partial charge in [0.15, 0.2) is 11.9 Å². The second kappa shape index (κ2) is 7.12. The molecule has 0 radical (unpaired) electrons. The number of sulfonamides is 1. The van der Waals surface area contributed by atoms with Crippen LogP contribution in [0.5, 0.6) is 0 Å². The highest BCUT2D eigenvalue weighted by Gasteiger charge is 2.43. The maximum atomic E-state index is 13.1. The second-order valence-electron chi connectivity index (χ2n) is 5.96. The van der Waals surface area contributed by atoms with Gasteiger partial charge in [-0.05, 0) is 30.7 Å². The average molecular weight is 429 g/mol.